The van der Waals surface area contributed by atoms with Crippen molar-refractivity contribution in [3.63, 3.8) is 0 Å². The van der Waals surface area contributed by atoms with E-state index in [1.54, 1.807) is 0 Å². The summed E-state index contributed by atoms with van der Waals surface area (Å²) in [6.45, 7) is 9.11. The first-order valence-electron chi connectivity index (χ1n) is 9.74. The molecular formula is C21H34N3O2+. The highest BCUT2D eigenvalue weighted by Gasteiger charge is 2.28. The normalized spacial score (nSPS) is 24.0. The fourth-order valence-corrected chi connectivity index (χ4v) is 3.74. The van der Waals surface area contributed by atoms with Gasteiger partial charge in [-0.2, -0.15) is 0 Å². The van der Waals surface area contributed by atoms with Crippen molar-refractivity contribution in [2.24, 2.45) is 11.8 Å². The second-order valence-corrected chi connectivity index (χ2v) is 8.05. The zero-order valence-corrected chi connectivity index (χ0v) is 16.8. The summed E-state index contributed by atoms with van der Waals surface area (Å²) < 4.78 is 0. The topological polar surface area (TPSA) is 62.6 Å². The van der Waals surface area contributed by atoms with Crippen LogP contribution in [-0.4, -0.2) is 38.0 Å². The Kier molecular flexibility index (Phi) is 7.21. The molecule has 1 fully saturated rings. The quantitative estimate of drug-likeness (QED) is 0.723. The lowest BCUT2D eigenvalue weighted by atomic mass is 9.78. The van der Waals surface area contributed by atoms with Crippen molar-refractivity contribution in [1.29, 1.82) is 0 Å². The molecule has 1 saturated carbocycles. The van der Waals surface area contributed by atoms with Gasteiger partial charge in [-0.05, 0) is 49.3 Å². The molecule has 0 spiro atoms. The van der Waals surface area contributed by atoms with E-state index in [1.807, 2.05) is 39.1 Å². The van der Waals surface area contributed by atoms with Crippen molar-refractivity contribution in [3.8, 4) is 0 Å². The molecule has 1 unspecified atom stereocenters. The maximum Gasteiger partial charge on any atom is 0.279 e. The molecule has 2 amide bonds. The van der Waals surface area contributed by atoms with E-state index < -0.39 is 0 Å². The number of amides is 2. The number of rotatable bonds is 6. The standard InChI is InChI=1S/C21H33N3O2/c1-14-8-6-10-18(16(14)3)22-20(25)12-24(5)13-21(26)23-19-11-7-9-15(2)17(19)4/h6,8,10,15,17,19H,7,9,11-13H2,1-5H3,(H,22,25)(H,23,26)/p+1/t15-,17-,19+/m0/s1. The Bertz CT molecular complexity index is 644. The SMILES string of the molecule is Cc1cccc(NC(=O)C[NH+](C)CC(=O)N[C@@H]2CCC[C@H](C)[C@@H]2C)c1C. The summed E-state index contributed by atoms with van der Waals surface area (Å²) in [7, 11) is 1.88. The number of hydrogen-bond acceptors (Lipinski definition) is 2. The number of likely N-dealkylation sites (N-methyl/N-ethyl adjacent to an activating group) is 1. The van der Waals surface area contributed by atoms with Gasteiger partial charge in [-0.1, -0.05) is 38.8 Å². The van der Waals surface area contributed by atoms with Gasteiger partial charge < -0.3 is 15.5 Å². The number of nitrogens with one attached hydrogen (secondary N) is 3. The third-order valence-corrected chi connectivity index (χ3v) is 5.86. The Hall–Kier alpha value is -1.88. The van der Waals surface area contributed by atoms with Gasteiger partial charge >= 0.3 is 0 Å². The van der Waals surface area contributed by atoms with Crippen LogP contribution in [0.4, 0.5) is 5.69 Å². The fourth-order valence-electron chi connectivity index (χ4n) is 3.74. The van der Waals surface area contributed by atoms with Gasteiger partial charge in [-0.25, -0.2) is 0 Å². The van der Waals surface area contributed by atoms with Crippen LogP contribution in [0.5, 0.6) is 0 Å². The van der Waals surface area contributed by atoms with Gasteiger partial charge in [0.25, 0.3) is 11.8 Å². The average Bonchev–Trinajstić information content (AvgIpc) is 2.56. The largest absolute Gasteiger partial charge is 0.348 e. The average molecular weight is 361 g/mol. The highest BCUT2D eigenvalue weighted by Crippen LogP contribution is 2.29. The van der Waals surface area contributed by atoms with Crippen molar-refractivity contribution in [2.75, 3.05) is 25.5 Å². The van der Waals surface area contributed by atoms with Gasteiger partial charge in [-0.15, -0.1) is 0 Å². The minimum Gasteiger partial charge on any atom is -0.348 e. The first-order chi connectivity index (χ1) is 12.3. The summed E-state index contributed by atoms with van der Waals surface area (Å²) in [5.74, 6) is 1.14. The molecule has 1 aromatic rings. The van der Waals surface area contributed by atoms with Crippen LogP contribution in [0, 0.1) is 25.7 Å². The molecule has 144 valence electrons. The monoisotopic (exact) mass is 360 g/mol. The fraction of sp³-hybridized carbons (Fsp3) is 0.619. The maximum atomic E-state index is 12.3. The Morgan fingerprint density at radius 3 is 2.54 bits per heavy atom. The smallest absolute Gasteiger partial charge is 0.279 e. The number of anilines is 1. The van der Waals surface area contributed by atoms with Crippen molar-refractivity contribution in [1.82, 2.24) is 5.32 Å². The molecule has 1 aromatic carbocycles. The van der Waals surface area contributed by atoms with E-state index in [-0.39, 0.29) is 24.4 Å². The molecule has 1 aliphatic rings. The first-order valence-corrected chi connectivity index (χ1v) is 9.74. The van der Waals surface area contributed by atoms with Gasteiger partial charge in [0, 0.05) is 11.7 Å². The summed E-state index contributed by atoms with van der Waals surface area (Å²) in [6, 6.07) is 6.14. The van der Waals surface area contributed by atoms with Gasteiger partial charge in [0.15, 0.2) is 13.1 Å². The Morgan fingerprint density at radius 2 is 1.81 bits per heavy atom. The predicted molar refractivity (Wildman–Crippen MR) is 105 cm³/mol. The molecule has 0 heterocycles. The van der Waals surface area contributed by atoms with E-state index in [4.69, 9.17) is 0 Å². The zero-order chi connectivity index (χ0) is 19.3. The van der Waals surface area contributed by atoms with E-state index in [9.17, 15) is 9.59 Å². The Balaban J connectivity index is 1.80. The van der Waals surface area contributed by atoms with E-state index in [2.05, 4.69) is 24.5 Å². The predicted octanol–water partition coefficient (Wildman–Crippen LogP) is 1.70. The molecule has 3 N–H and O–H groups in total. The third kappa shape index (κ3) is 5.56. The van der Waals surface area contributed by atoms with Crippen molar-refractivity contribution >= 4 is 17.5 Å². The summed E-state index contributed by atoms with van der Waals surface area (Å²) in [6.07, 6.45) is 3.48. The highest BCUT2D eigenvalue weighted by atomic mass is 16.2. The zero-order valence-electron chi connectivity index (χ0n) is 16.8. The number of aryl methyl sites for hydroxylation is 1. The van der Waals surface area contributed by atoms with Crippen LogP contribution >= 0.6 is 0 Å². The van der Waals surface area contributed by atoms with Gasteiger partial charge in [0.2, 0.25) is 0 Å². The maximum absolute atomic E-state index is 12.3. The molecule has 0 radical (unpaired) electrons. The van der Waals surface area contributed by atoms with Crippen molar-refractivity contribution in [2.45, 2.75) is 53.0 Å². The summed E-state index contributed by atoms with van der Waals surface area (Å²) in [4.78, 5) is 25.5. The number of benzene rings is 1. The second-order valence-electron chi connectivity index (χ2n) is 8.05. The van der Waals surface area contributed by atoms with Crippen LogP contribution in [0.15, 0.2) is 18.2 Å². The molecule has 5 heteroatoms. The lowest BCUT2D eigenvalue weighted by Gasteiger charge is -2.34. The van der Waals surface area contributed by atoms with Crippen LogP contribution in [0.2, 0.25) is 0 Å². The highest BCUT2D eigenvalue weighted by molar-refractivity contribution is 5.92. The minimum atomic E-state index is -0.0661. The van der Waals surface area contributed by atoms with Crippen molar-refractivity contribution < 1.29 is 14.5 Å². The summed E-state index contributed by atoms with van der Waals surface area (Å²) in [5, 5.41) is 6.14. The van der Waals surface area contributed by atoms with Gasteiger partial charge in [0.1, 0.15) is 0 Å². The number of hydrogen-bond donors (Lipinski definition) is 3. The van der Waals surface area contributed by atoms with Crippen LogP contribution in [0.1, 0.15) is 44.2 Å². The van der Waals surface area contributed by atoms with Gasteiger partial charge in [-0.3, -0.25) is 9.59 Å². The molecule has 0 saturated heterocycles. The molecule has 1 aliphatic carbocycles. The Labute approximate surface area is 157 Å². The van der Waals surface area contributed by atoms with E-state index in [0.29, 0.717) is 18.4 Å². The number of carbonyl (C=O) groups excluding carboxylic acids is 2. The first kappa shape index (κ1) is 20.4. The lowest BCUT2D eigenvalue weighted by molar-refractivity contribution is -0.862. The molecule has 0 aliphatic heterocycles. The second kappa shape index (κ2) is 9.17. The third-order valence-electron chi connectivity index (χ3n) is 5.86. The molecule has 4 atom stereocenters. The Morgan fingerprint density at radius 1 is 1.12 bits per heavy atom. The van der Waals surface area contributed by atoms with Gasteiger partial charge in [0.05, 0.1) is 7.05 Å². The van der Waals surface area contributed by atoms with Crippen LogP contribution < -0.4 is 15.5 Å². The summed E-state index contributed by atoms with van der Waals surface area (Å²) in [5.41, 5.74) is 3.08. The summed E-state index contributed by atoms with van der Waals surface area (Å²) >= 11 is 0. The molecule has 5 nitrogen and oxygen atoms in total. The molecule has 0 bridgehead atoms. The van der Waals surface area contributed by atoms with Crippen LogP contribution in [-0.2, 0) is 9.59 Å². The van der Waals surface area contributed by atoms with Crippen LogP contribution in [0.25, 0.3) is 0 Å². The van der Waals surface area contributed by atoms with Crippen molar-refractivity contribution in [3.05, 3.63) is 29.3 Å². The number of carbonyl (C=O) groups is 2. The molecular weight excluding hydrogens is 326 g/mol. The lowest BCUT2D eigenvalue weighted by Crippen LogP contribution is -3.11. The van der Waals surface area contributed by atoms with E-state index >= 15 is 0 Å². The number of quaternary nitrogens is 1. The molecule has 26 heavy (non-hydrogen) atoms. The van der Waals surface area contributed by atoms with Crippen LogP contribution in [0.3, 0.4) is 0 Å². The minimum absolute atomic E-state index is 0.0352. The molecule has 2 rings (SSSR count). The van der Waals surface area contributed by atoms with E-state index in [0.717, 1.165) is 28.1 Å². The van der Waals surface area contributed by atoms with E-state index in [1.165, 1.54) is 12.8 Å². The molecule has 0 aromatic heterocycles.